The lowest BCUT2D eigenvalue weighted by atomic mass is 9.99. The van der Waals surface area contributed by atoms with Gasteiger partial charge in [0.1, 0.15) is 17.6 Å². The van der Waals surface area contributed by atoms with Gasteiger partial charge in [-0.2, -0.15) is 0 Å². The highest BCUT2D eigenvalue weighted by Gasteiger charge is 2.34. The monoisotopic (exact) mass is 476 g/mol. The van der Waals surface area contributed by atoms with E-state index in [-0.39, 0.29) is 30.5 Å². The third-order valence-corrected chi connectivity index (χ3v) is 6.10. The molecule has 2 amide bonds. The number of benzene rings is 2. The highest BCUT2D eigenvalue weighted by atomic mass is 19.1. The summed E-state index contributed by atoms with van der Waals surface area (Å²) in [5.74, 6) is -0.129. The number of nitrogens with zero attached hydrogens (tertiary/aromatic N) is 2. The van der Waals surface area contributed by atoms with E-state index in [0.717, 1.165) is 22.7 Å². The van der Waals surface area contributed by atoms with Crippen LogP contribution in [-0.4, -0.2) is 42.5 Å². The molecule has 0 saturated carbocycles. The zero-order chi connectivity index (χ0) is 24.8. The van der Waals surface area contributed by atoms with Gasteiger partial charge in [-0.25, -0.2) is 4.39 Å². The molecule has 2 atom stereocenters. The van der Waals surface area contributed by atoms with Gasteiger partial charge in [0.15, 0.2) is 0 Å². The number of nitrogens with one attached hydrogen (secondary N) is 1. The van der Waals surface area contributed by atoms with E-state index >= 15 is 0 Å². The molecule has 7 nitrogen and oxygen atoms in total. The number of anilines is 1. The predicted molar refractivity (Wildman–Crippen MR) is 132 cm³/mol. The van der Waals surface area contributed by atoms with Crippen molar-refractivity contribution in [3.63, 3.8) is 0 Å². The molecule has 3 N–H and O–H groups in total. The van der Waals surface area contributed by atoms with Crippen molar-refractivity contribution >= 4 is 17.5 Å². The van der Waals surface area contributed by atoms with Crippen LogP contribution < -0.4 is 20.7 Å². The van der Waals surface area contributed by atoms with Crippen molar-refractivity contribution in [2.75, 3.05) is 18.6 Å². The van der Waals surface area contributed by atoms with Gasteiger partial charge in [0, 0.05) is 31.6 Å². The molecular weight excluding hydrogens is 447 g/mol. The molecule has 0 saturated heterocycles. The Morgan fingerprint density at radius 1 is 1.23 bits per heavy atom. The molecule has 1 aliphatic heterocycles. The Kier molecular flexibility index (Phi) is 7.72. The van der Waals surface area contributed by atoms with E-state index in [4.69, 9.17) is 10.5 Å². The molecule has 2 aromatic carbocycles. The number of methoxy groups -OCH3 is 1. The fourth-order valence-corrected chi connectivity index (χ4v) is 4.34. The maximum Gasteiger partial charge on any atom is 0.250 e. The minimum atomic E-state index is -0.740. The number of nitrogens with two attached hydrogens (primary N) is 1. The van der Waals surface area contributed by atoms with Gasteiger partial charge in [-0.1, -0.05) is 30.3 Å². The van der Waals surface area contributed by atoms with Crippen LogP contribution in [0.25, 0.3) is 0 Å². The number of amides is 2. The van der Waals surface area contributed by atoms with Crippen LogP contribution in [-0.2, 0) is 28.9 Å². The SMILES string of the molecule is COc1cccc(CCN2C(=O)C(NC(=O)C[C@H](N)Cc3ccccc3F)Cc3ncccc32)c1. The second-order valence-electron chi connectivity index (χ2n) is 8.64. The standard InChI is InChI=1S/C27H29FN4O3/c1-35-21-8-4-6-18(14-21)11-13-32-25-10-5-12-30-23(25)17-24(27(32)34)31-26(33)16-20(29)15-19-7-2-3-9-22(19)28/h2-10,12,14,20,24H,11,13,15-17,29H2,1H3,(H,31,33)/t20-,24?/m1/s1. The summed E-state index contributed by atoms with van der Waals surface area (Å²) in [5, 5.41) is 2.82. The van der Waals surface area contributed by atoms with Gasteiger partial charge >= 0.3 is 0 Å². The van der Waals surface area contributed by atoms with Gasteiger partial charge in [-0.3, -0.25) is 14.6 Å². The first kappa shape index (κ1) is 24.3. The number of rotatable bonds is 9. The molecule has 0 bridgehead atoms. The van der Waals surface area contributed by atoms with Crippen molar-refractivity contribution in [3.05, 3.63) is 89.5 Å². The van der Waals surface area contributed by atoms with Crippen molar-refractivity contribution in [1.82, 2.24) is 10.3 Å². The van der Waals surface area contributed by atoms with Gasteiger partial charge < -0.3 is 20.7 Å². The fraction of sp³-hybridized carbons (Fsp3) is 0.296. The van der Waals surface area contributed by atoms with E-state index < -0.39 is 12.1 Å². The van der Waals surface area contributed by atoms with E-state index in [1.165, 1.54) is 6.07 Å². The molecule has 1 aromatic heterocycles. The highest BCUT2D eigenvalue weighted by molar-refractivity contribution is 6.01. The van der Waals surface area contributed by atoms with E-state index in [9.17, 15) is 14.0 Å². The van der Waals surface area contributed by atoms with Gasteiger partial charge in [0.05, 0.1) is 18.5 Å². The smallest absolute Gasteiger partial charge is 0.250 e. The summed E-state index contributed by atoms with van der Waals surface area (Å²) < 4.78 is 19.2. The van der Waals surface area contributed by atoms with E-state index in [2.05, 4.69) is 10.3 Å². The third kappa shape index (κ3) is 6.02. The maximum absolute atomic E-state index is 13.9. The largest absolute Gasteiger partial charge is 0.497 e. The Hall–Kier alpha value is -3.78. The average Bonchev–Trinajstić information content (AvgIpc) is 2.85. The Morgan fingerprint density at radius 3 is 2.86 bits per heavy atom. The van der Waals surface area contributed by atoms with Crippen molar-refractivity contribution < 1.29 is 18.7 Å². The minimum Gasteiger partial charge on any atom is -0.497 e. The van der Waals surface area contributed by atoms with Crippen LogP contribution >= 0.6 is 0 Å². The topological polar surface area (TPSA) is 97.5 Å². The summed E-state index contributed by atoms with van der Waals surface area (Å²) in [6.07, 6.45) is 2.81. The Bertz CT molecular complexity index is 1200. The summed E-state index contributed by atoms with van der Waals surface area (Å²) in [7, 11) is 1.62. The van der Waals surface area contributed by atoms with E-state index in [0.29, 0.717) is 24.9 Å². The lowest BCUT2D eigenvalue weighted by molar-refractivity contribution is -0.128. The molecule has 4 rings (SSSR count). The summed E-state index contributed by atoms with van der Waals surface area (Å²) >= 11 is 0. The van der Waals surface area contributed by atoms with Gasteiger partial charge in [0.2, 0.25) is 11.8 Å². The van der Waals surface area contributed by atoms with Crippen LogP contribution in [0.3, 0.4) is 0 Å². The van der Waals surface area contributed by atoms with Gasteiger partial charge in [-0.15, -0.1) is 0 Å². The lowest BCUT2D eigenvalue weighted by Gasteiger charge is -2.34. The van der Waals surface area contributed by atoms with Crippen LogP contribution in [0.2, 0.25) is 0 Å². The Morgan fingerprint density at radius 2 is 2.06 bits per heavy atom. The molecule has 2 heterocycles. The number of hydrogen-bond donors (Lipinski definition) is 2. The molecule has 8 heteroatoms. The summed E-state index contributed by atoms with van der Waals surface area (Å²) in [6.45, 7) is 0.434. The van der Waals surface area contributed by atoms with Gasteiger partial charge in [-0.05, 0) is 54.3 Å². The van der Waals surface area contributed by atoms with E-state index in [1.807, 2.05) is 30.3 Å². The van der Waals surface area contributed by atoms with Crippen LogP contribution in [0, 0.1) is 5.82 Å². The van der Waals surface area contributed by atoms with Crippen molar-refractivity contribution in [1.29, 1.82) is 0 Å². The lowest BCUT2D eigenvalue weighted by Crippen LogP contribution is -2.54. The Balaban J connectivity index is 1.42. The molecule has 0 fully saturated rings. The first-order chi connectivity index (χ1) is 16.9. The molecule has 1 unspecified atom stereocenters. The molecule has 0 radical (unpaired) electrons. The number of hydrogen-bond acceptors (Lipinski definition) is 5. The normalized spacial score (nSPS) is 15.9. The quantitative estimate of drug-likeness (QED) is 0.495. The third-order valence-electron chi connectivity index (χ3n) is 6.10. The van der Waals surface area contributed by atoms with Crippen LogP contribution in [0.1, 0.15) is 23.2 Å². The highest BCUT2D eigenvalue weighted by Crippen LogP contribution is 2.27. The summed E-state index contributed by atoms with van der Waals surface area (Å²) in [4.78, 5) is 32.2. The molecule has 0 spiro atoms. The van der Waals surface area contributed by atoms with Crippen molar-refractivity contribution in [3.8, 4) is 5.75 Å². The number of fused-ring (bicyclic) bond motifs is 1. The molecule has 1 aliphatic rings. The second-order valence-corrected chi connectivity index (χ2v) is 8.64. The first-order valence-corrected chi connectivity index (χ1v) is 11.6. The first-order valence-electron chi connectivity index (χ1n) is 11.6. The molecule has 35 heavy (non-hydrogen) atoms. The van der Waals surface area contributed by atoms with Crippen molar-refractivity contribution in [2.45, 2.75) is 37.8 Å². The van der Waals surface area contributed by atoms with Crippen LogP contribution in [0.15, 0.2) is 66.9 Å². The molecular formula is C27H29FN4O3. The summed E-state index contributed by atoms with van der Waals surface area (Å²) in [6, 6.07) is 16.4. The number of carbonyl (C=O) groups is 2. The van der Waals surface area contributed by atoms with Crippen LogP contribution in [0.5, 0.6) is 5.75 Å². The molecule has 0 aliphatic carbocycles. The fourth-order valence-electron chi connectivity index (χ4n) is 4.34. The summed E-state index contributed by atoms with van der Waals surface area (Å²) in [5.41, 5.74) is 9.11. The average molecular weight is 477 g/mol. The van der Waals surface area contributed by atoms with Gasteiger partial charge in [0.25, 0.3) is 0 Å². The van der Waals surface area contributed by atoms with E-state index in [1.54, 1.807) is 42.5 Å². The van der Waals surface area contributed by atoms with Crippen LogP contribution in [0.4, 0.5) is 10.1 Å². The second kappa shape index (κ2) is 11.1. The number of ether oxygens (including phenoxy) is 1. The predicted octanol–water partition coefficient (Wildman–Crippen LogP) is 2.81. The Labute approximate surface area is 204 Å². The zero-order valence-electron chi connectivity index (χ0n) is 19.6. The molecule has 182 valence electrons. The maximum atomic E-state index is 13.9. The minimum absolute atomic E-state index is 0.0169. The number of halogens is 1. The number of carbonyl (C=O) groups excluding carboxylic acids is 2. The number of pyridine rings is 1. The van der Waals surface area contributed by atoms with Crippen molar-refractivity contribution in [2.24, 2.45) is 5.73 Å². The molecule has 3 aromatic rings. The zero-order valence-corrected chi connectivity index (χ0v) is 19.6. The number of aromatic nitrogens is 1.